The van der Waals surface area contributed by atoms with Gasteiger partial charge in [-0.1, -0.05) is 11.6 Å². The van der Waals surface area contributed by atoms with Gasteiger partial charge in [0, 0.05) is 19.2 Å². The van der Waals surface area contributed by atoms with E-state index in [1.54, 1.807) is 26.4 Å². The predicted molar refractivity (Wildman–Crippen MR) is 67.4 cm³/mol. The summed E-state index contributed by atoms with van der Waals surface area (Å²) in [5.74, 6) is -1.64. The molecule has 1 aromatic rings. The zero-order chi connectivity index (χ0) is 13.3. The van der Waals surface area contributed by atoms with E-state index in [0.717, 1.165) is 0 Å². The average molecular weight is 272 g/mol. The van der Waals surface area contributed by atoms with E-state index in [9.17, 15) is 4.79 Å². The molecule has 18 heavy (non-hydrogen) atoms. The summed E-state index contributed by atoms with van der Waals surface area (Å²) in [5.41, 5.74) is 0.805. The summed E-state index contributed by atoms with van der Waals surface area (Å²) in [6.45, 7) is 0.976. The van der Waals surface area contributed by atoms with E-state index < -0.39 is 11.8 Å². The third-order valence-corrected chi connectivity index (χ3v) is 3.37. The highest BCUT2D eigenvalue weighted by atomic mass is 35.5. The maximum absolute atomic E-state index is 11.2. The molecule has 0 unspecified atom stereocenters. The van der Waals surface area contributed by atoms with E-state index in [-0.39, 0.29) is 5.56 Å². The summed E-state index contributed by atoms with van der Waals surface area (Å²) in [6.07, 6.45) is 0. The maximum Gasteiger partial charge on any atom is 0.337 e. The van der Waals surface area contributed by atoms with Crippen LogP contribution in [-0.4, -0.2) is 44.2 Å². The van der Waals surface area contributed by atoms with Crippen LogP contribution in [0.4, 0.5) is 5.69 Å². The lowest BCUT2D eigenvalue weighted by atomic mass is 10.0. The first kappa shape index (κ1) is 13.1. The van der Waals surface area contributed by atoms with E-state index in [1.807, 2.05) is 4.90 Å². The second-order valence-corrected chi connectivity index (χ2v) is 4.58. The summed E-state index contributed by atoms with van der Waals surface area (Å²) >= 11 is 5.81. The third kappa shape index (κ3) is 2.16. The molecule has 1 aliphatic rings. The summed E-state index contributed by atoms with van der Waals surface area (Å²) in [7, 11) is 3.14. The van der Waals surface area contributed by atoms with Crippen molar-refractivity contribution in [3.8, 4) is 0 Å². The molecular formula is C12H14ClNO4. The van der Waals surface area contributed by atoms with Crippen molar-refractivity contribution in [3.05, 3.63) is 28.8 Å². The summed E-state index contributed by atoms with van der Waals surface area (Å²) in [5, 5.41) is 9.56. The number of carboxylic acids is 1. The molecule has 0 bridgehead atoms. The molecule has 0 aromatic heterocycles. The monoisotopic (exact) mass is 271 g/mol. The van der Waals surface area contributed by atoms with Crippen LogP contribution in [0.2, 0.25) is 5.02 Å². The van der Waals surface area contributed by atoms with Crippen LogP contribution in [0.1, 0.15) is 10.4 Å². The Morgan fingerprint density at radius 3 is 2.50 bits per heavy atom. The Morgan fingerprint density at radius 2 is 2.00 bits per heavy atom. The number of nitrogens with zero attached hydrogens (tertiary/aromatic N) is 1. The fraction of sp³-hybridized carbons (Fsp3) is 0.417. The molecule has 0 saturated carbocycles. The number of benzene rings is 1. The first-order valence-electron chi connectivity index (χ1n) is 5.39. The van der Waals surface area contributed by atoms with Crippen molar-refractivity contribution in [2.75, 3.05) is 32.2 Å². The van der Waals surface area contributed by atoms with Gasteiger partial charge in [0.1, 0.15) is 0 Å². The highest BCUT2D eigenvalue weighted by molar-refractivity contribution is 6.31. The fourth-order valence-electron chi connectivity index (χ4n) is 2.00. The van der Waals surface area contributed by atoms with Crippen molar-refractivity contribution in [3.63, 3.8) is 0 Å². The second-order valence-electron chi connectivity index (χ2n) is 4.14. The fourth-order valence-corrected chi connectivity index (χ4v) is 2.17. The number of halogens is 1. The van der Waals surface area contributed by atoms with Gasteiger partial charge in [0.05, 0.1) is 24.3 Å². The molecule has 1 aliphatic heterocycles. The lowest BCUT2D eigenvalue weighted by Gasteiger charge is -2.49. The van der Waals surface area contributed by atoms with Gasteiger partial charge < -0.3 is 19.5 Å². The smallest absolute Gasteiger partial charge is 0.337 e. The van der Waals surface area contributed by atoms with Crippen LogP contribution in [0.25, 0.3) is 0 Å². The zero-order valence-electron chi connectivity index (χ0n) is 10.1. The minimum Gasteiger partial charge on any atom is -0.478 e. The molecule has 1 N–H and O–H groups in total. The molecule has 1 aromatic carbocycles. The van der Waals surface area contributed by atoms with Gasteiger partial charge >= 0.3 is 5.97 Å². The molecular weight excluding hydrogens is 258 g/mol. The van der Waals surface area contributed by atoms with Crippen LogP contribution in [0, 0.1) is 0 Å². The highest BCUT2D eigenvalue weighted by Crippen LogP contribution is 2.34. The Kier molecular flexibility index (Phi) is 3.47. The van der Waals surface area contributed by atoms with Crippen LogP contribution in [-0.2, 0) is 9.47 Å². The normalized spacial score (nSPS) is 17.4. The minimum atomic E-state index is -1.00. The van der Waals surface area contributed by atoms with Gasteiger partial charge in [0.15, 0.2) is 0 Å². The molecule has 0 spiro atoms. The summed E-state index contributed by atoms with van der Waals surface area (Å²) in [6, 6.07) is 4.81. The van der Waals surface area contributed by atoms with Crippen molar-refractivity contribution in [2.24, 2.45) is 0 Å². The Hall–Kier alpha value is -1.30. The van der Waals surface area contributed by atoms with E-state index in [1.165, 1.54) is 6.07 Å². The number of ether oxygens (including phenoxy) is 2. The maximum atomic E-state index is 11.2. The number of carbonyl (C=O) groups is 1. The average Bonchev–Trinajstić information content (AvgIpc) is 2.30. The van der Waals surface area contributed by atoms with Gasteiger partial charge in [-0.15, -0.1) is 0 Å². The topological polar surface area (TPSA) is 59.0 Å². The van der Waals surface area contributed by atoms with Crippen molar-refractivity contribution in [1.82, 2.24) is 0 Å². The Morgan fingerprint density at radius 1 is 1.39 bits per heavy atom. The molecule has 5 nitrogen and oxygen atoms in total. The van der Waals surface area contributed by atoms with Crippen LogP contribution >= 0.6 is 11.6 Å². The van der Waals surface area contributed by atoms with E-state index >= 15 is 0 Å². The van der Waals surface area contributed by atoms with Crippen LogP contribution in [0.3, 0.4) is 0 Å². The molecule has 0 aliphatic carbocycles. The SMILES string of the molecule is COC1(OC)CN(c2ccc(Cl)cc2C(=O)O)C1. The Labute approximate surface area is 110 Å². The molecule has 1 heterocycles. The second kappa shape index (κ2) is 4.76. The lowest BCUT2D eigenvalue weighted by molar-refractivity contribution is -0.219. The number of hydrogen-bond donors (Lipinski definition) is 1. The van der Waals surface area contributed by atoms with Crippen LogP contribution in [0.15, 0.2) is 18.2 Å². The zero-order valence-corrected chi connectivity index (χ0v) is 10.9. The molecule has 98 valence electrons. The Balaban J connectivity index is 2.24. The van der Waals surface area contributed by atoms with E-state index in [0.29, 0.717) is 23.8 Å². The van der Waals surface area contributed by atoms with Crippen molar-refractivity contribution in [2.45, 2.75) is 5.79 Å². The first-order chi connectivity index (χ1) is 8.51. The van der Waals surface area contributed by atoms with Gasteiger partial charge in [-0.25, -0.2) is 4.79 Å². The van der Waals surface area contributed by atoms with Gasteiger partial charge in [-0.05, 0) is 18.2 Å². The molecule has 2 rings (SSSR count). The van der Waals surface area contributed by atoms with Gasteiger partial charge in [0.25, 0.3) is 0 Å². The van der Waals surface area contributed by atoms with Crippen LogP contribution in [0.5, 0.6) is 0 Å². The number of aromatic carboxylic acids is 1. The number of rotatable bonds is 4. The number of methoxy groups -OCH3 is 2. The third-order valence-electron chi connectivity index (χ3n) is 3.14. The molecule has 0 radical (unpaired) electrons. The molecule has 0 amide bonds. The summed E-state index contributed by atoms with van der Waals surface area (Å²) < 4.78 is 10.5. The van der Waals surface area contributed by atoms with Crippen LogP contribution < -0.4 is 4.90 Å². The quantitative estimate of drug-likeness (QED) is 0.847. The number of anilines is 1. The van der Waals surface area contributed by atoms with E-state index in [2.05, 4.69) is 0 Å². The van der Waals surface area contributed by atoms with Crippen molar-refractivity contribution in [1.29, 1.82) is 0 Å². The Bertz CT molecular complexity index is 465. The largest absolute Gasteiger partial charge is 0.478 e. The first-order valence-corrected chi connectivity index (χ1v) is 5.77. The minimum absolute atomic E-state index is 0.184. The molecule has 1 saturated heterocycles. The number of carboxylic acid groups (broad SMARTS) is 1. The van der Waals surface area contributed by atoms with Gasteiger partial charge in [-0.3, -0.25) is 0 Å². The standard InChI is InChI=1S/C12H14ClNO4/c1-17-12(18-2)6-14(7-12)10-4-3-8(13)5-9(10)11(15)16/h3-5H,6-7H2,1-2H3,(H,15,16). The summed E-state index contributed by atoms with van der Waals surface area (Å²) in [4.78, 5) is 13.1. The number of hydrogen-bond acceptors (Lipinski definition) is 4. The molecule has 6 heteroatoms. The van der Waals surface area contributed by atoms with Gasteiger partial charge in [-0.2, -0.15) is 0 Å². The molecule has 0 atom stereocenters. The van der Waals surface area contributed by atoms with E-state index in [4.69, 9.17) is 26.2 Å². The van der Waals surface area contributed by atoms with Gasteiger partial charge in [0.2, 0.25) is 5.79 Å². The van der Waals surface area contributed by atoms with Crippen molar-refractivity contribution >= 4 is 23.3 Å². The molecule has 1 fully saturated rings. The predicted octanol–water partition coefficient (Wildman–Crippen LogP) is 1.85. The lowest BCUT2D eigenvalue weighted by Crippen LogP contribution is -2.64. The van der Waals surface area contributed by atoms with Crippen molar-refractivity contribution < 1.29 is 19.4 Å². The highest BCUT2D eigenvalue weighted by Gasteiger charge is 2.44.